The monoisotopic (exact) mass is 404 g/mol. The van der Waals surface area contributed by atoms with Gasteiger partial charge < -0.3 is 20.2 Å². The first kappa shape index (κ1) is 20.1. The number of benzene rings is 2. The number of nitrogens with one attached hydrogen (secondary N) is 1. The van der Waals surface area contributed by atoms with Crippen molar-refractivity contribution in [2.24, 2.45) is 0 Å². The zero-order chi connectivity index (χ0) is 20.1. The van der Waals surface area contributed by atoms with Crippen LogP contribution < -0.4 is 10.2 Å². The van der Waals surface area contributed by atoms with Crippen LogP contribution in [-0.4, -0.2) is 29.5 Å². The molecule has 148 valence electrons. The van der Waals surface area contributed by atoms with Gasteiger partial charge in [0.05, 0.1) is 16.0 Å². The van der Waals surface area contributed by atoms with Crippen molar-refractivity contribution in [1.29, 1.82) is 0 Å². The van der Waals surface area contributed by atoms with Crippen LogP contribution in [0, 0.1) is 0 Å². The predicted octanol–water partition coefficient (Wildman–Crippen LogP) is 3.50. The molecule has 1 atom stereocenters. The molecule has 0 saturated carbocycles. The lowest BCUT2D eigenvalue weighted by Gasteiger charge is -2.32. The van der Waals surface area contributed by atoms with E-state index in [9.17, 15) is 19.3 Å². The highest BCUT2D eigenvalue weighted by Gasteiger charge is 2.22. The Morgan fingerprint density at radius 2 is 1.68 bits per heavy atom. The SMILES string of the molecule is ONC(O)c1ncc(S(O)(O)c2ccc(OCc3ccccc3)cc2)cc1O. The second-order valence-electron chi connectivity index (χ2n) is 5.90. The van der Waals surface area contributed by atoms with Gasteiger partial charge in [0.1, 0.15) is 23.8 Å². The average Bonchev–Trinajstić information content (AvgIpc) is 2.72. The van der Waals surface area contributed by atoms with E-state index in [-0.39, 0.29) is 15.5 Å². The van der Waals surface area contributed by atoms with Crippen LogP contribution in [0.3, 0.4) is 0 Å². The number of ether oxygens (including phenoxy) is 1. The van der Waals surface area contributed by atoms with Crippen LogP contribution in [0.5, 0.6) is 11.5 Å². The molecular weight excluding hydrogens is 384 g/mol. The number of aliphatic hydroxyl groups is 1. The van der Waals surface area contributed by atoms with Gasteiger partial charge in [-0.3, -0.25) is 14.1 Å². The first-order chi connectivity index (χ1) is 13.4. The Morgan fingerprint density at radius 3 is 2.29 bits per heavy atom. The largest absolute Gasteiger partial charge is 0.506 e. The van der Waals surface area contributed by atoms with E-state index in [0.717, 1.165) is 17.8 Å². The molecule has 6 N–H and O–H groups in total. The van der Waals surface area contributed by atoms with Gasteiger partial charge in [-0.05, 0) is 29.8 Å². The number of aromatic hydroxyl groups is 1. The van der Waals surface area contributed by atoms with E-state index < -0.39 is 22.6 Å². The minimum absolute atomic E-state index is 0.0307. The Morgan fingerprint density at radius 1 is 1.00 bits per heavy atom. The standard InChI is InChI=1S/C19H20N2O6S/c22-17-10-16(11-20-18(17)19(23)21-24)28(25,26)15-8-6-14(7-9-15)27-12-13-4-2-1-3-5-13/h1-11,19,21-26H,12H2. The van der Waals surface area contributed by atoms with Crippen LogP contribution in [-0.2, 0) is 6.61 Å². The molecule has 0 spiro atoms. The normalized spacial score (nSPS) is 13.1. The Bertz CT molecular complexity index is 921. The van der Waals surface area contributed by atoms with E-state index in [1.54, 1.807) is 17.6 Å². The van der Waals surface area contributed by atoms with Gasteiger partial charge in [-0.15, -0.1) is 10.6 Å². The van der Waals surface area contributed by atoms with Crippen molar-refractivity contribution in [1.82, 2.24) is 10.5 Å². The second kappa shape index (κ2) is 8.57. The molecule has 0 aliphatic heterocycles. The Kier molecular flexibility index (Phi) is 6.15. The van der Waals surface area contributed by atoms with E-state index in [1.165, 1.54) is 12.1 Å². The van der Waals surface area contributed by atoms with Gasteiger partial charge in [-0.25, -0.2) is 0 Å². The summed E-state index contributed by atoms with van der Waals surface area (Å²) >= 11 is 0. The number of aliphatic hydroxyl groups excluding tert-OH is 1. The van der Waals surface area contributed by atoms with Gasteiger partial charge in [0, 0.05) is 6.07 Å². The summed E-state index contributed by atoms with van der Waals surface area (Å²) in [6.45, 7) is 0.386. The second-order valence-corrected chi connectivity index (χ2v) is 7.94. The summed E-state index contributed by atoms with van der Waals surface area (Å²) in [4.78, 5) is 3.96. The van der Waals surface area contributed by atoms with Crippen LogP contribution in [0.2, 0.25) is 0 Å². The fourth-order valence-electron chi connectivity index (χ4n) is 2.48. The molecule has 1 heterocycles. The predicted molar refractivity (Wildman–Crippen MR) is 102 cm³/mol. The van der Waals surface area contributed by atoms with Crippen molar-refractivity contribution in [3.05, 3.63) is 78.1 Å². The summed E-state index contributed by atoms with van der Waals surface area (Å²) in [6.07, 6.45) is -0.484. The minimum atomic E-state index is -3.44. The molecule has 1 aromatic heterocycles. The fraction of sp³-hybridized carbons (Fsp3) is 0.105. The minimum Gasteiger partial charge on any atom is -0.506 e. The first-order valence-corrected chi connectivity index (χ1v) is 9.78. The highest BCUT2D eigenvalue weighted by atomic mass is 32.3. The van der Waals surface area contributed by atoms with Crippen LogP contribution in [0.1, 0.15) is 17.5 Å². The number of hydrogen-bond acceptors (Lipinski definition) is 8. The third-order valence-electron chi connectivity index (χ3n) is 3.98. The lowest BCUT2D eigenvalue weighted by molar-refractivity contribution is -0.00330. The summed E-state index contributed by atoms with van der Waals surface area (Å²) in [5, 5.41) is 28.1. The molecule has 28 heavy (non-hydrogen) atoms. The van der Waals surface area contributed by atoms with Crippen molar-refractivity contribution in [3.63, 3.8) is 0 Å². The van der Waals surface area contributed by atoms with E-state index in [0.29, 0.717) is 12.4 Å². The molecule has 0 aliphatic carbocycles. The quantitative estimate of drug-likeness (QED) is 0.260. The van der Waals surface area contributed by atoms with Crippen LogP contribution in [0.15, 0.2) is 76.7 Å². The average molecular weight is 404 g/mol. The third-order valence-corrected chi connectivity index (χ3v) is 5.79. The maximum atomic E-state index is 10.6. The molecule has 3 aromatic rings. The Balaban J connectivity index is 1.75. The van der Waals surface area contributed by atoms with Crippen LogP contribution >= 0.6 is 10.6 Å². The number of hydrogen-bond donors (Lipinski definition) is 6. The topological polar surface area (TPSA) is 135 Å². The zero-order valence-corrected chi connectivity index (χ0v) is 15.5. The molecule has 0 amide bonds. The molecule has 0 aliphatic rings. The van der Waals surface area contributed by atoms with Crippen molar-refractivity contribution in [2.45, 2.75) is 22.6 Å². The van der Waals surface area contributed by atoms with Gasteiger partial charge in [0.25, 0.3) is 0 Å². The number of pyridine rings is 1. The van der Waals surface area contributed by atoms with Crippen molar-refractivity contribution in [3.8, 4) is 11.5 Å². The van der Waals surface area contributed by atoms with E-state index >= 15 is 0 Å². The molecule has 0 bridgehead atoms. The molecule has 2 aromatic carbocycles. The summed E-state index contributed by atoms with van der Waals surface area (Å²) in [5.74, 6) is 0.0746. The van der Waals surface area contributed by atoms with E-state index in [4.69, 9.17) is 9.94 Å². The van der Waals surface area contributed by atoms with Crippen LogP contribution in [0.25, 0.3) is 0 Å². The Labute approximate surface area is 163 Å². The molecule has 0 fully saturated rings. The number of rotatable bonds is 7. The lowest BCUT2D eigenvalue weighted by Crippen LogP contribution is -2.17. The van der Waals surface area contributed by atoms with Gasteiger partial charge in [-0.2, -0.15) is 5.48 Å². The summed E-state index contributed by atoms with van der Waals surface area (Å²) in [5.41, 5.74) is 2.31. The van der Waals surface area contributed by atoms with Gasteiger partial charge in [0.2, 0.25) is 0 Å². The van der Waals surface area contributed by atoms with E-state index in [1.807, 2.05) is 30.3 Å². The molecular formula is C19H20N2O6S. The summed E-state index contributed by atoms with van der Waals surface area (Å²) in [6, 6.07) is 17.0. The summed E-state index contributed by atoms with van der Waals surface area (Å²) in [7, 11) is -3.44. The highest BCUT2D eigenvalue weighted by Crippen LogP contribution is 2.56. The zero-order valence-electron chi connectivity index (χ0n) is 14.6. The van der Waals surface area contributed by atoms with Crippen molar-refractivity contribution < 1.29 is 29.3 Å². The molecule has 9 heteroatoms. The highest BCUT2D eigenvalue weighted by molar-refractivity contribution is 8.24. The van der Waals surface area contributed by atoms with Gasteiger partial charge >= 0.3 is 0 Å². The smallest absolute Gasteiger partial charge is 0.173 e. The van der Waals surface area contributed by atoms with Gasteiger partial charge in [0.15, 0.2) is 6.23 Å². The number of hydroxylamine groups is 1. The third kappa shape index (κ3) is 4.42. The lowest BCUT2D eigenvalue weighted by atomic mass is 10.2. The molecule has 3 rings (SSSR count). The maximum absolute atomic E-state index is 10.6. The van der Waals surface area contributed by atoms with Crippen LogP contribution in [0.4, 0.5) is 0 Å². The molecule has 0 radical (unpaired) electrons. The Hall–Kier alpha value is -2.66. The van der Waals surface area contributed by atoms with Crippen molar-refractivity contribution >= 4 is 10.6 Å². The number of nitrogens with zero attached hydrogens (tertiary/aromatic N) is 1. The maximum Gasteiger partial charge on any atom is 0.173 e. The summed E-state index contributed by atoms with van der Waals surface area (Å²) < 4.78 is 26.8. The fourth-order valence-corrected chi connectivity index (χ4v) is 3.74. The van der Waals surface area contributed by atoms with Gasteiger partial charge in [-0.1, -0.05) is 30.3 Å². The van der Waals surface area contributed by atoms with E-state index in [2.05, 4.69) is 4.98 Å². The number of aromatic nitrogens is 1. The molecule has 1 unspecified atom stereocenters. The van der Waals surface area contributed by atoms with Crippen molar-refractivity contribution in [2.75, 3.05) is 0 Å². The first-order valence-electron chi connectivity index (χ1n) is 8.23. The molecule has 8 nitrogen and oxygen atoms in total. The molecule has 0 saturated heterocycles.